The number of fused-ring (bicyclic) bond motifs is 1. The van der Waals surface area contributed by atoms with E-state index in [1.807, 2.05) is 54.8 Å². The first-order chi connectivity index (χ1) is 15.6. The van der Waals surface area contributed by atoms with E-state index in [9.17, 15) is 4.79 Å². The lowest BCUT2D eigenvalue weighted by Gasteiger charge is -2.28. The molecule has 0 bridgehead atoms. The second-order valence-electron chi connectivity index (χ2n) is 7.19. The molecule has 32 heavy (non-hydrogen) atoms. The quantitative estimate of drug-likeness (QED) is 0.476. The Hall–Kier alpha value is -3.98. The number of ether oxygens (including phenoxy) is 1. The van der Waals surface area contributed by atoms with Crippen molar-refractivity contribution in [2.45, 2.75) is 13.0 Å². The van der Waals surface area contributed by atoms with Crippen molar-refractivity contribution in [3.8, 4) is 16.5 Å². The number of methoxy groups -OCH3 is 1. The van der Waals surface area contributed by atoms with Gasteiger partial charge in [0, 0.05) is 11.9 Å². The van der Waals surface area contributed by atoms with E-state index in [1.165, 1.54) is 0 Å². The molecule has 0 unspecified atom stereocenters. The van der Waals surface area contributed by atoms with Crippen molar-refractivity contribution in [2.75, 3.05) is 17.7 Å². The van der Waals surface area contributed by atoms with Gasteiger partial charge in [0.25, 0.3) is 5.91 Å². The zero-order valence-corrected chi connectivity index (χ0v) is 18.3. The molecule has 0 saturated heterocycles. The van der Waals surface area contributed by atoms with E-state index >= 15 is 0 Å². The van der Waals surface area contributed by atoms with Crippen LogP contribution in [0.2, 0.25) is 0 Å². The summed E-state index contributed by atoms with van der Waals surface area (Å²) < 4.78 is 7.07. The Labute approximate surface area is 188 Å². The van der Waals surface area contributed by atoms with Gasteiger partial charge in [0.2, 0.25) is 5.95 Å². The van der Waals surface area contributed by atoms with Gasteiger partial charge >= 0.3 is 0 Å². The molecule has 1 atom stereocenters. The predicted molar refractivity (Wildman–Crippen MR) is 124 cm³/mol. The summed E-state index contributed by atoms with van der Waals surface area (Å²) in [6.45, 7) is 1.87. The molecule has 1 aliphatic rings. The van der Waals surface area contributed by atoms with Crippen molar-refractivity contribution in [3.63, 3.8) is 0 Å². The number of allylic oxidation sites excluding steroid dienone is 1. The normalized spacial score (nSPS) is 15.1. The van der Waals surface area contributed by atoms with Crippen LogP contribution in [0, 0.1) is 0 Å². The Morgan fingerprint density at radius 1 is 1.16 bits per heavy atom. The largest absolute Gasteiger partial charge is 0.497 e. The van der Waals surface area contributed by atoms with Crippen LogP contribution in [-0.4, -0.2) is 32.8 Å². The number of aromatic nitrogens is 4. The molecule has 5 rings (SSSR count). The summed E-state index contributed by atoms with van der Waals surface area (Å²) in [5.74, 6) is 2.16. The van der Waals surface area contributed by atoms with Gasteiger partial charge in [0.1, 0.15) is 17.6 Å². The first-order valence-corrected chi connectivity index (χ1v) is 10.9. The number of amides is 1. The maximum absolute atomic E-state index is 13.4. The molecular weight excluding hydrogens is 424 g/mol. The van der Waals surface area contributed by atoms with Crippen molar-refractivity contribution in [2.24, 2.45) is 0 Å². The minimum atomic E-state index is -0.470. The first-order valence-electron chi connectivity index (χ1n) is 9.98. The Morgan fingerprint density at radius 3 is 2.69 bits per heavy atom. The fourth-order valence-electron chi connectivity index (χ4n) is 3.67. The van der Waals surface area contributed by atoms with E-state index in [1.54, 1.807) is 41.5 Å². The number of benzene rings is 1. The van der Waals surface area contributed by atoms with Crippen molar-refractivity contribution in [1.82, 2.24) is 19.7 Å². The average molecular weight is 445 g/mol. The number of carbonyl (C=O) groups excluding carboxylic acids is 1. The van der Waals surface area contributed by atoms with E-state index in [4.69, 9.17) is 9.84 Å². The van der Waals surface area contributed by atoms with E-state index in [2.05, 4.69) is 20.6 Å². The van der Waals surface area contributed by atoms with E-state index in [-0.39, 0.29) is 5.91 Å². The van der Waals surface area contributed by atoms with Crippen LogP contribution in [0.1, 0.15) is 18.5 Å². The molecule has 0 fully saturated rings. The Kier molecular flexibility index (Phi) is 5.16. The third-order valence-corrected chi connectivity index (χ3v) is 6.04. The van der Waals surface area contributed by atoms with Crippen molar-refractivity contribution in [1.29, 1.82) is 0 Å². The fraction of sp³-hybridized carbons (Fsp3) is 0.130. The molecule has 2 N–H and O–H groups in total. The van der Waals surface area contributed by atoms with Crippen LogP contribution in [0.4, 0.5) is 11.8 Å². The number of thiophene rings is 1. The minimum absolute atomic E-state index is 0.256. The molecule has 1 aliphatic heterocycles. The second kappa shape index (κ2) is 8.27. The second-order valence-corrected chi connectivity index (χ2v) is 8.14. The van der Waals surface area contributed by atoms with Gasteiger partial charge in [-0.3, -0.25) is 4.79 Å². The summed E-state index contributed by atoms with van der Waals surface area (Å²) in [5.41, 5.74) is 2.13. The molecule has 0 spiro atoms. The van der Waals surface area contributed by atoms with Crippen LogP contribution >= 0.6 is 11.3 Å². The SMILES string of the molecule is COc1ccc([C@@H]2C(C(=O)Nc3ccccn3)=C(C)Nc3nc(-c4cccs4)nn32)cc1. The van der Waals surface area contributed by atoms with Gasteiger partial charge in [-0.25, -0.2) is 9.67 Å². The summed E-state index contributed by atoms with van der Waals surface area (Å²) in [4.78, 5) is 23.3. The van der Waals surface area contributed by atoms with E-state index < -0.39 is 6.04 Å². The molecule has 1 aromatic carbocycles. The Morgan fingerprint density at radius 2 is 2.00 bits per heavy atom. The third-order valence-electron chi connectivity index (χ3n) is 5.18. The number of rotatable bonds is 5. The number of nitrogens with zero attached hydrogens (tertiary/aromatic N) is 4. The average Bonchev–Trinajstić information content (AvgIpc) is 3.49. The lowest BCUT2D eigenvalue weighted by atomic mass is 9.95. The van der Waals surface area contributed by atoms with Gasteiger partial charge in [0.05, 0.1) is 17.6 Å². The highest BCUT2D eigenvalue weighted by molar-refractivity contribution is 7.13. The van der Waals surface area contributed by atoms with Crippen LogP contribution in [-0.2, 0) is 4.79 Å². The standard InChI is InChI=1S/C23H20N6O2S/c1-14-19(22(30)26-18-7-3-4-12-24-18)20(15-8-10-16(31-2)11-9-15)29-23(25-14)27-21(28-29)17-6-5-13-32-17/h3-13,20H,1-2H3,(H,24,26,30)(H,25,27,28)/t20-/m1/s1. The van der Waals surface area contributed by atoms with Crippen LogP contribution in [0.25, 0.3) is 10.7 Å². The Bertz CT molecular complexity index is 1280. The highest BCUT2D eigenvalue weighted by Gasteiger charge is 2.34. The molecule has 8 nitrogen and oxygen atoms in total. The van der Waals surface area contributed by atoms with Crippen LogP contribution in [0.15, 0.2) is 77.4 Å². The summed E-state index contributed by atoms with van der Waals surface area (Å²) in [6.07, 6.45) is 1.64. The van der Waals surface area contributed by atoms with Gasteiger partial charge in [-0.2, -0.15) is 4.98 Å². The van der Waals surface area contributed by atoms with Gasteiger partial charge < -0.3 is 15.4 Å². The summed E-state index contributed by atoms with van der Waals surface area (Å²) in [6, 6.07) is 16.5. The smallest absolute Gasteiger partial charge is 0.257 e. The molecule has 3 aromatic heterocycles. The topological polar surface area (TPSA) is 94.0 Å². The van der Waals surface area contributed by atoms with E-state index in [0.29, 0.717) is 28.9 Å². The van der Waals surface area contributed by atoms with Crippen molar-refractivity contribution < 1.29 is 9.53 Å². The zero-order chi connectivity index (χ0) is 22.1. The van der Waals surface area contributed by atoms with Gasteiger partial charge in [-0.05, 0) is 48.2 Å². The monoisotopic (exact) mass is 444 g/mol. The summed E-state index contributed by atoms with van der Waals surface area (Å²) in [7, 11) is 1.62. The molecule has 0 radical (unpaired) electrons. The number of anilines is 2. The van der Waals surface area contributed by atoms with Gasteiger partial charge in [-0.1, -0.05) is 24.3 Å². The lowest BCUT2D eigenvalue weighted by Crippen LogP contribution is -2.31. The zero-order valence-electron chi connectivity index (χ0n) is 17.4. The van der Waals surface area contributed by atoms with Crippen molar-refractivity contribution in [3.05, 3.63) is 83.0 Å². The highest BCUT2D eigenvalue weighted by Crippen LogP contribution is 2.37. The lowest BCUT2D eigenvalue weighted by molar-refractivity contribution is -0.113. The first kappa shape index (κ1) is 20.0. The molecule has 1 amide bonds. The highest BCUT2D eigenvalue weighted by atomic mass is 32.1. The molecule has 0 aliphatic carbocycles. The maximum atomic E-state index is 13.4. The molecule has 0 saturated carbocycles. The van der Waals surface area contributed by atoms with Gasteiger partial charge in [-0.15, -0.1) is 16.4 Å². The third kappa shape index (κ3) is 3.63. The molecule has 9 heteroatoms. The minimum Gasteiger partial charge on any atom is -0.497 e. The fourth-order valence-corrected chi connectivity index (χ4v) is 4.32. The Balaban J connectivity index is 1.60. The summed E-state index contributed by atoms with van der Waals surface area (Å²) in [5, 5.41) is 12.9. The number of hydrogen-bond acceptors (Lipinski definition) is 7. The molecule has 4 aromatic rings. The number of pyridine rings is 1. The van der Waals surface area contributed by atoms with Crippen molar-refractivity contribution >= 4 is 29.0 Å². The number of carbonyl (C=O) groups is 1. The number of hydrogen-bond donors (Lipinski definition) is 2. The van der Waals surface area contributed by atoms with Crippen LogP contribution in [0.3, 0.4) is 0 Å². The molecule has 4 heterocycles. The maximum Gasteiger partial charge on any atom is 0.257 e. The van der Waals surface area contributed by atoms with E-state index in [0.717, 1.165) is 16.2 Å². The summed E-state index contributed by atoms with van der Waals surface area (Å²) >= 11 is 1.57. The van der Waals surface area contributed by atoms with Gasteiger partial charge in [0.15, 0.2) is 5.82 Å². The molecular formula is C23H20N6O2S. The number of nitrogens with one attached hydrogen (secondary N) is 2. The van der Waals surface area contributed by atoms with Crippen LogP contribution < -0.4 is 15.4 Å². The predicted octanol–water partition coefficient (Wildman–Crippen LogP) is 4.34. The molecule has 160 valence electrons. The van der Waals surface area contributed by atoms with Crippen LogP contribution in [0.5, 0.6) is 5.75 Å².